The Labute approximate surface area is 161 Å². The number of hydrogen-bond donors (Lipinski definition) is 1. The molecule has 0 radical (unpaired) electrons. The van der Waals surface area contributed by atoms with Crippen LogP contribution in [0.1, 0.15) is 49.0 Å². The van der Waals surface area contributed by atoms with Gasteiger partial charge in [0.2, 0.25) is 0 Å². The van der Waals surface area contributed by atoms with Gasteiger partial charge in [0, 0.05) is 57.4 Å². The number of hydrogen-bond acceptors (Lipinski definition) is 5. The van der Waals surface area contributed by atoms with Crippen molar-refractivity contribution in [3.8, 4) is 0 Å². The molecule has 0 aromatic carbocycles. The second kappa shape index (κ2) is 7.64. The largest absolute Gasteiger partial charge is 0.378 e. The molecular formula is C20H32N6O. The summed E-state index contributed by atoms with van der Waals surface area (Å²) in [5, 5.41) is 8.68. The van der Waals surface area contributed by atoms with Crippen molar-refractivity contribution in [2.45, 2.75) is 58.7 Å². The van der Waals surface area contributed by atoms with Crippen LogP contribution in [0.2, 0.25) is 0 Å². The first-order chi connectivity index (χ1) is 13.0. The van der Waals surface area contributed by atoms with Crippen LogP contribution in [0.15, 0.2) is 6.20 Å². The SMILES string of the molecule is Cc1cn2c(n1)CC[C@@H](NCc1c(C(C)C)nn(C)c1N1CCOCC1)C2. The second-order valence-corrected chi connectivity index (χ2v) is 8.13. The molecule has 27 heavy (non-hydrogen) atoms. The molecule has 1 saturated heterocycles. The van der Waals surface area contributed by atoms with Crippen molar-refractivity contribution >= 4 is 5.82 Å². The Morgan fingerprint density at radius 3 is 2.81 bits per heavy atom. The molecule has 1 fully saturated rings. The van der Waals surface area contributed by atoms with Gasteiger partial charge in [-0.3, -0.25) is 4.68 Å². The van der Waals surface area contributed by atoms with E-state index < -0.39 is 0 Å². The van der Waals surface area contributed by atoms with Crippen molar-refractivity contribution in [3.63, 3.8) is 0 Å². The van der Waals surface area contributed by atoms with Gasteiger partial charge in [-0.1, -0.05) is 13.8 Å². The fourth-order valence-electron chi connectivity index (χ4n) is 4.38. The number of nitrogens with zero attached hydrogens (tertiary/aromatic N) is 5. The molecule has 148 valence electrons. The van der Waals surface area contributed by atoms with Gasteiger partial charge in [-0.05, 0) is 19.3 Å². The van der Waals surface area contributed by atoms with E-state index in [0.717, 1.165) is 57.9 Å². The van der Waals surface area contributed by atoms with Gasteiger partial charge in [-0.25, -0.2) is 4.98 Å². The Morgan fingerprint density at radius 1 is 1.30 bits per heavy atom. The Morgan fingerprint density at radius 2 is 2.07 bits per heavy atom. The molecule has 0 aliphatic carbocycles. The van der Waals surface area contributed by atoms with Gasteiger partial charge in [0.1, 0.15) is 11.6 Å². The van der Waals surface area contributed by atoms with Gasteiger partial charge < -0.3 is 19.5 Å². The highest BCUT2D eigenvalue weighted by Crippen LogP contribution is 2.29. The van der Waals surface area contributed by atoms with E-state index in [1.807, 2.05) is 0 Å². The molecule has 0 amide bonds. The number of aromatic nitrogens is 4. The first kappa shape index (κ1) is 18.5. The second-order valence-electron chi connectivity index (χ2n) is 8.13. The monoisotopic (exact) mass is 372 g/mol. The average molecular weight is 373 g/mol. The van der Waals surface area contributed by atoms with E-state index in [1.54, 1.807) is 0 Å². The predicted molar refractivity (Wildman–Crippen MR) is 106 cm³/mol. The third-order valence-electron chi connectivity index (χ3n) is 5.68. The van der Waals surface area contributed by atoms with Crippen LogP contribution in [0, 0.1) is 6.92 Å². The maximum Gasteiger partial charge on any atom is 0.131 e. The zero-order chi connectivity index (χ0) is 19.0. The van der Waals surface area contributed by atoms with Crippen LogP contribution in [0.25, 0.3) is 0 Å². The zero-order valence-corrected chi connectivity index (χ0v) is 17.0. The summed E-state index contributed by atoms with van der Waals surface area (Å²) < 4.78 is 9.93. The number of ether oxygens (including phenoxy) is 1. The lowest BCUT2D eigenvalue weighted by Gasteiger charge is -2.30. The molecule has 7 heteroatoms. The predicted octanol–water partition coefficient (Wildman–Crippen LogP) is 1.99. The first-order valence-electron chi connectivity index (χ1n) is 10.2. The Balaban J connectivity index is 1.52. The van der Waals surface area contributed by atoms with Crippen LogP contribution < -0.4 is 10.2 Å². The molecule has 1 atom stereocenters. The van der Waals surface area contributed by atoms with Crippen LogP contribution >= 0.6 is 0 Å². The molecule has 2 aromatic rings. The van der Waals surface area contributed by atoms with Crippen LogP contribution in [-0.2, 0) is 31.3 Å². The van der Waals surface area contributed by atoms with Crippen LogP contribution in [-0.4, -0.2) is 51.7 Å². The summed E-state index contributed by atoms with van der Waals surface area (Å²) in [5.41, 5.74) is 3.68. The van der Waals surface area contributed by atoms with Crippen molar-refractivity contribution in [3.05, 3.63) is 29.0 Å². The van der Waals surface area contributed by atoms with Gasteiger partial charge in [0.25, 0.3) is 0 Å². The number of nitrogens with one attached hydrogen (secondary N) is 1. The standard InChI is InChI=1S/C20H32N6O/c1-14(2)19-17(20(24(4)23-19)25-7-9-27-10-8-25)11-21-16-5-6-18-22-15(3)12-26(18)13-16/h12,14,16,21H,5-11,13H2,1-4H3/t16-/m1/s1. The fraction of sp³-hybridized carbons (Fsp3) is 0.700. The fourth-order valence-corrected chi connectivity index (χ4v) is 4.38. The third kappa shape index (κ3) is 3.75. The van der Waals surface area contributed by atoms with Crippen molar-refractivity contribution < 1.29 is 4.74 Å². The van der Waals surface area contributed by atoms with Gasteiger partial charge in [0.15, 0.2) is 0 Å². The maximum absolute atomic E-state index is 5.55. The van der Waals surface area contributed by atoms with E-state index in [4.69, 9.17) is 9.84 Å². The smallest absolute Gasteiger partial charge is 0.131 e. The van der Waals surface area contributed by atoms with E-state index >= 15 is 0 Å². The van der Waals surface area contributed by atoms with Gasteiger partial charge in [-0.15, -0.1) is 0 Å². The summed E-state index contributed by atoms with van der Waals surface area (Å²) in [6.07, 6.45) is 4.36. The number of fused-ring (bicyclic) bond motifs is 1. The Kier molecular flexibility index (Phi) is 5.23. The number of imidazole rings is 1. The quantitative estimate of drug-likeness (QED) is 0.870. The molecule has 1 N–H and O–H groups in total. The molecule has 2 aromatic heterocycles. The number of rotatable bonds is 5. The van der Waals surface area contributed by atoms with Crippen molar-refractivity contribution in [1.82, 2.24) is 24.6 Å². The van der Waals surface area contributed by atoms with Crippen molar-refractivity contribution in [2.24, 2.45) is 7.05 Å². The number of aryl methyl sites for hydroxylation is 3. The first-order valence-corrected chi connectivity index (χ1v) is 10.2. The highest BCUT2D eigenvalue weighted by atomic mass is 16.5. The molecule has 4 heterocycles. The van der Waals surface area contributed by atoms with E-state index in [0.29, 0.717) is 12.0 Å². The molecule has 7 nitrogen and oxygen atoms in total. The molecule has 0 saturated carbocycles. The minimum Gasteiger partial charge on any atom is -0.378 e. The number of anilines is 1. The van der Waals surface area contributed by atoms with Gasteiger partial charge >= 0.3 is 0 Å². The summed E-state index contributed by atoms with van der Waals surface area (Å²) in [7, 11) is 2.07. The van der Waals surface area contributed by atoms with E-state index in [2.05, 4.69) is 58.5 Å². The molecular weight excluding hydrogens is 340 g/mol. The Hall–Kier alpha value is -1.86. The summed E-state index contributed by atoms with van der Waals surface area (Å²) in [6.45, 7) is 11.9. The normalized spacial score (nSPS) is 20.3. The van der Waals surface area contributed by atoms with E-state index in [1.165, 1.54) is 22.9 Å². The van der Waals surface area contributed by atoms with Crippen molar-refractivity contribution in [1.29, 1.82) is 0 Å². The van der Waals surface area contributed by atoms with Gasteiger partial charge in [0.05, 0.1) is 24.6 Å². The van der Waals surface area contributed by atoms with Crippen LogP contribution in [0.3, 0.4) is 0 Å². The molecule has 2 aliphatic heterocycles. The summed E-state index contributed by atoms with van der Waals surface area (Å²) in [4.78, 5) is 7.05. The van der Waals surface area contributed by atoms with Crippen LogP contribution in [0.4, 0.5) is 5.82 Å². The lowest BCUT2D eigenvalue weighted by atomic mass is 10.0. The van der Waals surface area contributed by atoms with Crippen molar-refractivity contribution in [2.75, 3.05) is 31.2 Å². The average Bonchev–Trinajstić information content (AvgIpc) is 3.19. The van der Waals surface area contributed by atoms with Gasteiger partial charge in [-0.2, -0.15) is 5.10 Å². The topological polar surface area (TPSA) is 60.1 Å². The molecule has 4 rings (SSSR count). The molecule has 0 spiro atoms. The summed E-state index contributed by atoms with van der Waals surface area (Å²) in [6, 6.07) is 0.476. The molecule has 2 aliphatic rings. The minimum atomic E-state index is 0.414. The zero-order valence-electron chi connectivity index (χ0n) is 17.0. The Bertz CT molecular complexity index is 787. The summed E-state index contributed by atoms with van der Waals surface area (Å²) in [5.74, 6) is 2.89. The summed E-state index contributed by atoms with van der Waals surface area (Å²) >= 11 is 0. The third-order valence-corrected chi connectivity index (χ3v) is 5.68. The highest BCUT2D eigenvalue weighted by Gasteiger charge is 2.26. The maximum atomic E-state index is 5.55. The highest BCUT2D eigenvalue weighted by molar-refractivity contribution is 5.51. The molecule has 0 bridgehead atoms. The number of morpholine rings is 1. The molecule has 0 unspecified atom stereocenters. The minimum absolute atomic E-state index is 0.414. The van der Waals surface area contributed by atoms with Crippen LogP contribution in [0.5, 0.6) is 0 Å². The lowest BCUT2D eigenvalue weighted by molar-refractivity contribution is 0.122. The lowest BCUT2D eigenvalue weighted by Crippen LogP contribution is -2.39. The van der Waals surface area contributed by atoms with E-state index in [9.17, 15) is 0 Å². The van der Waals surface area contributed by atoms with E-state index in [-0.39, 0.29) is 0 Å².